The molecule has 1 saturated heterocycles. The summed E-state index contributed by atoms with van der Waals surface area (Å²) >= 11 is 1.57. The van der Waals surface area contributed by atoms with Crippen LogP contribution in [0.15, 0.2) is 29.6 Å². The van der Waals surface area contributed by atoms with Gasteiger partial charge in [-0.1, -0.05) is 25.5 Å². The first-order valence-corrected chi connectivity index (χ1v) is 14.0. The minimum Gasteiger partial charge on any atom is -0.340 e. The summed E-state index contributed by atoms with van der Waals surface area (Å²) in [6.45, 7) is 9.45. The summed E-state index contributed by atoms with van der Waals surface area (Å²) in [5.41, 5.74) is 2.48. The Morgan fingerprint density at radius 3 is 2.77 bits per heavy atom. The number of carbonyl (C=O) groups is 2. The van der Waals surface area contributed by atoms with E-state index in [4.69, 9.17) is 0 Å². The van der Waals surface area contributed by atoms with Gasteiger partial charge in [0.25, 0.3) is 5.91 Å². The molecule has 35 heavy (non-hydrogen) atoms. The second-order valence-corrected chi connectivity index (χ2v) is 11.4. The lowest BCUT2D eigenvalue weighted by molar-refractivity contribution is -0.133. The fraction of sp³-hybridized carbons (Fsp3) is 0.607. The third kappa shape index (κ3) is 5.78. The predicted molar refractivity (Wildman–Crippen MR) is 143 cm³/mol. The molecule has 6 nitrogen and oxygen atoms in total. The molecular formula is C28H40N4O2S. The minimum atomic E-state index is -0.438. The average molecular weight is 497 g/mol. The van der Waals surface area contributed by atoms with Crippen molar-refractivity contribution in [3.8, 4) is 10.6 Å². The van der Waals surface area contributed by atoms with Gasteiger partial charge in [-0.15, -0.1) is 11.3 Å². The fourth-order valence-electron chi connectivity index (χ4n) is 5.79. The molecule has 0 spiro atoms. The number of rotatable bonds is 8. The molecule has 4 rings (SSSR count). The lowest BCUT2D eigenvalue weighted by Crippen LogP contribution is -2.51. The molecule has 1 saturated carbocycles. The van der Waals surface area contributed by atoms with Crippen LogP contribution >= 0.6 is 11.3 Å². The first-order valence-electron chi connectivity index (χ1n) is 13.1. The quantitative estimate of drug-likeness (QED) is 0.550. The number of hydrogen-bond acceptors (Lipinski definition) is 5. The second-order valence-electron chi connectivity index (χ2n) is 10.6. The number of nitrogens with one attached hydrogen (secondary N) is 1. The number of likely N-dealkylation sites (tertiary alicyclic amines) is 1. The largest absolute Gasteiger partial charge is 0.340 e. The smallest absolute Gasteiger partial charge is 0.251 e. The molecule has 2 aliphatic rings. The molecule has 1 unspecified atom stereocenters. The Bertz CT molecular complexity index is 1040. The molecule has 1 aliphatic carbocycles. The number of aryl methyl sites for hydroxylation is 1. The Labute approximate surface area is 214 Å². The van der Waals surface area contributed by atoms with Gasteiger partial charge in [0.1, 0.15) is 11.0 Å². The van der Waals surface area contributed by atoms with E-state index < -0.39 is 6.04 Å². The Kier molecular flexibility index (Phi) is 8.27. The molecule has 2 aromatic rings. The summed E-state index contributed by atoms with van der Waals surface area (Å²) in [6, 6.07) is 8.50. The summed E-state index contributed by atoms with van der Waals surface area (Å²) in [5.74, 6) is 0.427. The van der Waals surface area contributed by atoms with Crippen LogP contribution in [0, 0.1) is 12.8 Å². The zero-order valence-electron chi connectivity index (χ0n) is 21.8. The van der Waals surface area contributed by atoms with Crippen LogP contribution in [0.5, 0.6) is 0 Å². The van der Waals surface area contributed by atoms with Gasteiger partial charge in [0.15, 0.2) is 0 Å². The lowest BCUT2D eigenvalue weighted by atomic mass is 9.77. The van der Waals surface area contributed by atoms with Crippen molar-refractivity contribution in [3.63, 3.8) is 0 Å². The number of amides is 2. The van der Waals surface area contributed by atoms with Crippen molar-refractivity contribution in [1.82, 2.24) is 20.1 Å². The first kappa shape index (κ1) is 25.8. The van der Waals surface area contributed by atoms with Crippen LogP contribution in [0.2, 0.25) is 0 Å². The van der Waals surface area contributed by atoms with E-state index in [0.717, 1.165) is 54.9 Å². The number of hydrogen-bond donors (Lipinski definition) is 1. The molecule has 1 aromatic carbocycles. The molecule has 1 aromatic heterocycles. The third-order valence-corrected chi connectivity index (χ3v) is 8.91. The normalized spacial score (nSPS) is 25.0. The SMILES string of the molecule is CCC[C@@H]1C[C@H](N(C)C(C)C)CC[C@@H]1N1CCC(NC(=O)c2cccc(-c3nc(C)cs3)c2)C1=O. The van der Waals surface area contributed by atoms with Crippen LogP contribution in [0.4, 0.5) is 0 Å². The average Bonchev–Trinajstić information content (AvgIpc) is 3.44. The zero-order chi connectivity index (χ0) is 25.1. The Balaban J connectivity index is 1.41. The highest BCUT2D eigenvalue weighted by Crippen LogP contribution is 2.36. The van der Waals surface area contributed by atoms with Crippen LogP contribution in [0.25, 0.3) is 10.6 Å². The molecule has 190 valence electrons. The van der Waals surface area contributed by atoms with Gasteiger partial charge in [-0.05, 0) is 78.0 Å². The van der Waals surface area contributed by atoms with Gasteiger partial charge in [-0.2, -0.15) is 0 Å². The maximum absolute atomic E-state index is 13.4. The fourth-order valence-corrected chi connectivity index (χ4v) is 6.59. The standard InChI is InChI=1S/C28H40N4O2S/c1-6-8-20-16-23(31(5)18(2)3)11-12-25(20)32-14-13-24(28(32)34)30-26(33)21-9-7-10-22(15-21)27-29-19(4)17-35-27/h7,9-10,15,17-18,20,23-25H,6,8,11-14,16H2,1-5H3,(H,30,33)/t20-,23-,24?,25+/m1/s1. The van der Waals surface area contributed by atoms with E-state index >= 15 is 0 Å². The maximum atomic E-state index is 13.4. The lowest BCUT2D eigenvalue weighted by Gasteiger charge is -2.44. The van der Waals surface area contributed by atoms with Crippen molar-refractivity contribution < 1.29 is 9.59 Å². The Morgan fingerprint density at radius 1 is 1.29 bits per heavy atom. The van der Waals surface area contributed by atoms with E-state index in [2.05, 4.69) is 47.9 Å². The first-order chi connectivity index (χ1) is 16.8. The van der Waals surface area contributed by atoms with Gasteiger partial charge in [0.05, 0.1) is 0 Å². The van der Waals surface area contributed by atoms with E-state index in [0.29, 0.717) is 30.0 Å². The minimum absolute atomic E-state index is 0.0896. The van der Waals surface area contributed by atoms with E-state index in [1.807, 2.05) is 30.5 Å². The molecule has 2 heterocycles. The Hall–Kier alpha value is -2.25. The maximum Gasteiger partial charge on any atom is 0.251 e. The molecule has 0 radical (unpaired) electrons. The number of benzene rings is 1. The number of carbonyl (C=O) groups excluding carboxylic acids is 2. The second kappa shape index (κ2) is 11.2. The van der Waals surface area contributed by atoms with E-state index in [1.54, 1.807) is 17.4 Å². The summed E-state index contributed by atoms with van der Waals surface area (Å²) in [7, 11) is 2.23. The van der Waals surface area contributed by atoms with E-state index in [1.165, 1.54) is 0 Å². The summed E-state index contributed by atoms with van der Waals surface area (Å²) in [6.07, 6.45) is 6.29. The van der Waals surface area contributed by atoms with Gasteiger partial charge < -0.3 is 15.1 Å². The zero-order valence-corrected chi connectivity index (χ0v) is 22.6. The van der Waals surface area contributed by atoms with Gasteiger partial charge in [0.2, 0.25) is 5.91 Å². The van der Waals surface area contributed by atoms with Crippen LogP contribution in [0.3, 0.4) is 0 Å². The molecule has 0 bridgehead atoms. The van der Waals surface area contributed by atoms with Crippen molar-refractivity contribution >= 4 is 23.2 Å². The monoisotopic (exact) mass is 496 g/mol. The molecule has 1 aliphatic heterocycles. The topological polar surface area (TPSA) is 65.5 Å². The summed E-state index contributed by atoms with van der Waals surface area (Å²) < 4.78 is 0. The molecule has 2 amide bonds. The summed E-state index contributed by atoms with van der Waals surface area (Å²) in [4.78, 5) is 35.6. The predicted octanol–water partition coefficient (Wildman–Crippen LogP) is 5.13. The van der Waals surface area contributed by atoms with Crippen LogP contribution in [-0.2, 0) is 4.79 Å². The van der Waals surface area contributed by atoms with Gasteiger partial charge in [-0.3, -0.25) is 9.59 Å². The van der Waals surface area contributed by atoms with Gasteiger partial charge >= 0.3 is 0 Å². The molecule has 1 N–H and O–H groups in total. The third-order valence-electron chi connectivity index (χ3n) is 7.90. The van der Waals surface area contributed by atoms with Crippen LogP contribution < -0.4 is 5.32 Å². The van der Waals surface area contributed by atoms with Crippen molar-refractivity contribution in [1.29, 1.82) is 0 Å². The number of nitrogens with zero attached hydrogens (tertiary/aromatic N) is 3. The highest BCUT2D eigenvalue weighted by Gasteiger charge is 2.42. The highest BCUT2D eigenvalue weighted by molar-refractivity contribution is 7.13. The van der Waals surface area contributed by atoms with Crippen molar-refractivity contribution in [2.75, 3.05) is 13.6 Å². The van der Waals surface area contributed by atoms with Crippen LogP contribution in [-0.4, -0.2) is 64.4 Å². The number of thiazole rings is 1. The van der Waals surface area contributed by atoms with Crippen molar-refractivity contribution in [2.24, 2.45) is 5.92 Å². The van der Waals surface area contributed by atoms with Crippen molar-refractivity contribution in [3.05, 3.63) is 40.9 Å². The highest BCUT2D eigenvalue weighted by atomic mass is 32.1. The number of aromatic nitrogens is 1. The van der Waals surface area contributed by atoms with Crippen LogP contribution in [0.1, 0.15) is 75.3 Å². The molecule has 4 atom stereocenters. The van der Waals surface area contributed by atoms with Gasteiger partial charge in [0, 0.05) is 46.9 Å². The van der Waals surface area contributed by atoms with Crippen molar-refractivity contribution in [2.45, 2.75) is 90.4 Å². The van der Waals surface area contributed by atoms with E-state index in [9.17, 15) is 9.59 Å². The Morgan fingerprint density at radius 2 is 2.09 bits per heavy atom. The van der Waals surface area contributed by atoms with E-state index in [-0.39, 0.29) is 17.9 Å². The van der Waals surface area contributed by atoms with Gasteiger partial charge in [-0.25, -0.2) is 4.98 Å². The molecular weight excluding hydrogens is 456 g/mol. The summed E-state index contributed by atoms with van der Waals surface area (Å²) in [5, 5.41) is 5.94. The molecule has 2 fully saturated rings. The molecule has 7 heteroatoms.